The van der Waals surface area contributed by atoms with Gasteiger partial charge < -0.3 is 14.2 Å². The summed E-state index contributed by atoms with van der Waals surface area (Å²) in [6, 6.07) is 14.8. The van der Waals surface area contributed by atoms with Crippen molar-refractivity contribution < 1.29 is 19.0 Å². The molecule has 1 aliphatic rings. The van der Waals surface area contributed by atoms with E-state index in [1.165, 1.54) is 0 Å². The number of aliphatic imine (C=N–C) groups is 1. The van der Waals surface area contributed by atoms with Crippen molar-refractivity contribution in [1.82, 2.24) is 0 Å². The van der Waals surface area contributed by atoms with Crippen molar-refractivity contribution in [1.29, 1.82) is 0 Å². The molecule has 0 saturated heterocycles. The van der Waals surface area contributed by atoms with E-state index in [9.17, 15) is 4.79 Å². The lowest BCUT2D eigenvalue weighted by Gasteiger charge is -2.08. The quantitative estimate of drug-likeness (QED) is 0.537. The van der Waals surface area contributed by atoms with Crippen LogP contribution in [0.2, 0.25) is 0 Å². The molecule has 0 N–H and O–H groups in total. The summed E-state index contributed by atoms with van der Waals surface area (Å²) in [5.41, 5.74) is 1.86. The van der Waals surface area contributed by atoms with Gasteiger partial charge in [0.2, 0.25) is 5.90 Å². The Morgan fingerprint density at radius 1 is 1.04 bits per heavy atom. The number of hydrogen-bond acceptors (Lipinski definition) is 5. The molecule has 3 rings (SSSR count). The fraction of sp³-hybridized carbons (Fsp3) is 0.273. The molecule has 0 amide bonds. The van der Waals surface area contributed by atoms with E-state index in [1.54, 1.807) is 37.5 Å². The van der Waals surface area contributed by atoms with Crippen LogP contribution in [0, 0.1) is 5.92 Å². The monoisotopic (exact) mass is 365 g/mol. The van der Waals surface area contributed by atoms with Crippen LogP contribution in [0.15, 0.2) is 59.2 Å². The number of nitrogens with zero attached hydrogens (tertiary/aromatic N) is 1. The summed E-state index contributed by atoms with van der Waals surface area (Å²) in [7, 11) is 1.60. The first-order valence-corrected chi connectivity index (χ1v) is 8.95. The molecular formula is C22H23NO4. The van der Waals surface area contributed by atoms with E-state index in [-0.39, 0.29) is 5.70 Å². The first-order chi connectivity index (χ1) is 13.0. The van der Waals surface area contributed by atoms with Gasteiger partial charge in [-0.05, 0) is 60.4 Å². The van der Waals surface area contributed by atoms with Crippen LogP contribution in [0.1, 0.15) is 31.4 Å². The summed E-state index contributed by atoms with van der Waals surface area (Å²) in [4.78, 5) is 16.4. The lowest BCUT2D eigenvalue weighted by Crippen LogP contribution is -2.05. The zero-order valence-electron chi connectivity index (χ0n) is 15.8. The topological polar surface area (TPSA) is 57.1 Å². The molecule has 2 aromatic carbocycles. The molecule has 0 aliphatic carbocycles. The molecule has 0 unspecified atom stereocenters. The molecular weight excluding hydrogens is 342 g/mol. The Balaban J connectivity index is 1.70. The summed E-state index contributed by atoms with van der Waals surface area (Å²) in [5.74, 6) is 1.99. The predicted octanol–water partition coefficient (Wildman–Crippen LogP) is 4.46. The van der Waals surface area contributed by atoms with E-state index >= 15 is 0 Å². The van der Waals surface area contributed by atoms with Crippen LogP contribution in [0.5, 0.6) is 11.5 Å². The predicted molar refractivity (Wildman–Crippen MR) is 105 cm³/mol. The Morgan fingerprint density at radius 2 is 1.70 bits per heavy atom. The van der Waals surface area contributed by atoms with Crippen molar-refractivity contribution in [3.63, 3.8) is 0 Å². The summed E-state index contributed by atoms with van der Waals surface area (Å²) < 4.78 is 16.1. The van der Waals surface area contributed by atoms with Crippen molar-refractivity contribution in [2.24, 2.45) is 10.9 Å². The van der Waals surface area contributed by atoms with Crippen LogP contribution in [-0.2, 0) is 9.53 Å². The van der Waals surface area contributed by atoms with Crippen LogP contribution < -0.4 is 9.47 Å². The maximum Gasteiger partial charge on any atom is 0.363 e. The van der Waals surface area contributed by atoms with Crippen LogP contribution in [-0.4, -0.2) is 25.6 Å². The molecule has 0 radical (unpaired) electrons. The lowest BCUT2D eigenvalue weighted by atomic mass is 10.1. The highest BCUT2D eigenvalue weighted by molar-refractivity contribution is 6.12. The Morgan fingerprint density at radius 3 is 2.33 bits per heavy atom. The highest BCUT2D eigenvalue weighted by Crippen LogP contribution is 2.22. The van der Waals surface area contributed by atoms with E-state index in [4.69, 9.17) is 14.2 Å². The van der Waals surface area contributed by atoms with Crippen molar-refractivity contribution in [2.45, 2.75) is 20.3 Å². The number of rotatable bonds is 7. The van der Waals surface area contributed by atoms with Crippen molar-refractivity contribution in [3.8, 4) is 11.5 Å². The van der Waals surface area contributed by atoms with Crippen LogP contribution >= 0.6 is 0 Å². The van der Waals surface area contributed by atoms with E-state index in [0.29, 0.717) is 18.4 Å². The number of hydrogen-bond donors (Lipinski definition) is 0. The summed E-state index contributed by atoms with van der Waals surface area (Å²) >= 11 is 0. The fourth-order valence-corrected chi connectivity index (χ4v) is 2.50. The molecule has 1 heterocycles. The highest BCUT2D eigenvalue weighted by atomic mass is 16.6. The van der Waals surface area contributed by atoms with Gasteiger partial charge in [-0.25, -0.2) is 9.79 Å². The van der Waals surface area contributed by atoms with Gasteiger partial charge in [0.1, 0.15) is 11.5 Å². The third-order valence-electron chi connectivity index (χ3n) is 4.10. The first kappa shape index (κ1) is 18.7. The van der Waals surface area contributed by atoms with Gasteiger partial charge in [-0.1, -0.05) is 26.0 Å². The van der Waals surface area contributed by atoms with Gasteiger partial charge in [-0.15, -0.1) is 0 Å². The number of methoxy groups -OCH3 is 1. The Hall–Kier alpha value is -3.08. The number of esters is 1. The standard InChI is InChI=1S/C22H23NO4/c1-15(2)12-13-26-19-8-4-16(5-9-19)14-20-22(24)27-21(23-20)17-6-10-18(25-3)11-7-17/h4-11,14-15H,12-13H2,1-3H3/b20-14-. The van der Waals surface area contributed by atoms with Gasteiger partial charge in [0.05, 0.1) is 13.7 Å². The molecule has 5 nitrogen and oxygen atoms in total. The Kier molecular flexibility index (Phi) is 5.91. The van der Waals surface area contributed by atoms with E-state index in [0.717, 1.165) is 29.0 Å². The zero-order chi connectivity index (χ0) is 19.2. The normalized spacial score (nSPS) is 15.0. The van der Waals surface area contributed by atoms with Gasteiger partial charge in [-0.2, -0.15) is 0 Å². The van der Waals surface area contributed by atoms with E-state index in [1.807, 2.05) is 24.3 Å². The zero-order valence-corrected chi connectivity index (χ0v) is 15.8. The van der Waals surface area contributed by atoms with E-state index in [2.05, 4.69) is 18.8 Å². The molecule has 0 atom stereocenters. The number of benzene rings is 2. The largest absolute Gasteiger partial charge is 0.497 e. The van der Waals surface area contributed by atoms with Gasteiger partial charge in [0.25, 0.3) is 0 Å². The molecule has 0 bridgehead atoms. The van der Waals surface area contributed by atoms with E-state index < -0.39 is 5.97 Å². The van der Waals surface area contributed by atoms with Crippen LogP contribution in [0.3, 0.4) is 0 Å². The maximum absolute atomic E-state index is 12.1. The summed E-state index contributed by atoms with van der Waals surface area (Å²) in [6.45, 7) is 5.03. The minimum absolute atomic E-state index is 0.272. The van der Waals surface area contributed by atoms with Crippen molar-refractivity contribution in [2.75, 3.05) is 13.7 Å². The molecule has 0 saturated carbocycles. The fourth-order valence-electron chi connectivity index (χ4n) is 2.50. The lowest BCUT2D eigenvalue weighted by molar-refractivity contribution is -0.129. The first-order valence-electron chi connectivity index (χ1n) is 8.95. The van der Waals surface area contributed by atoms with Crippen molar-refractivity contribution >= 4 is 17.9 Å². The smallest absolute Gasteiger partial charge is 0.363 e. The second kappa shape index (κ2) is 8.54. The maximum atomic E-state index is 12.1. The highest BCUT2D eigenvalue weighted by Gasteiger charge is 2.24. The molecule has 1 aliphatic heterocycles. The number of carbonyl (C=O) groups excluding carboxylic acids is 1. The number of cyclic esters (lactones) is 1. The number of carbonyl (C=O) groups is 1. The van der Waals surface area contributed by atoms with Gasteiger partial charge in [0.15, 0.2) is 5.70 Å². The second-order valence-corrected chi connectivity index (χ2v) is 6.66. The minimum atomic E-state index is -0.460. The molecule has 0 fully saturated rings. The number of ether oxygens (including phenoxy) is 3. The van der Waals surface area contributed by atoms with Crippen LogP contribution in [0.25, 0.3) is 6.08 Å². The molecule has 27 heavy (non-hydrogen) atoms. The van der Waals surface area contributed by atoms with Crippen LogP contribution in [0.4, 0.5) is 0 Å². The summed E-state index contributed by atoms with van der Waals surface area (Å²) in [5, 5.41) is 0. The Bertz CT molecular complexity index is 849. The molecule has 2 aromatic rings. The minimum Gasteiger partial charge on any atom is -0.497 e. The average molecular weight is 365 g/mol. The summed E-state index contributed by atoms with van der Waals surface area (Å²) in [6.07, 6.45) is 2.72. The third kappa shape index (κ3) is 4.97. The molecule has 0 spiro atoms. The van der Waals surface area contributed by atoms with Crippen molar-refractivity contribution in [3.05, 3.63) is 65.4 Å². The van der Waals surface area contributed by atoms with Gasteiger partial charge >= 0.3 is 5.97 Å². The van der Waals surface area contributed by atoms with Gasteiger partial charge in [-0.3, -0.25) is 0 Å². The van der Waals surface area contributed by atoms with Gasteiger partial charge in [0, 0.05) is 5.56 Å². The SMILES string of the molecule is COc1ccc(C2=N/C(=C\c3ccc(OCCC(C)C)cc3)C(=O)O2)cc1. The second-order valence-electron chi connectivity index (χ2n) is 6.66. The molecule has 140 valence electrons. The molecule has 0 aromatic heterocycles. The molecule has 5 heteroatoms. The average Bonchev–Trinajstić information content (AvgIpc) is 3.03. The third-order valence-corrected chi connectivity index (χ3v) is 4.10. The Labute approximate surface area is 159 Å².